The van der Waals surface area contributed by atoms with E-state index in [0.717, 1.165) is 5.04 Å². The average Bonchev–Trinajstić information content (AvgIpc) is 2.74. The summed E-state index contributed by atoms with van der Waals surface area (Å²) in [6.07, 6.45) is 0.689. The number of aryl methyl sites for hydroxylation is 1. The largest absolute Gasteiger partial charge is 0.387 e. The molecule has 0 N–H and O–H groups in total. The lowest BCUT2D eigenvalue weighted by Crippen LogP contribution is -2.26. The Kier molecular flexibility index (Phi) is 4.17. The van der Waals surface area contributed by atoms with Gasteiger partial charge in [0.1, 0.15) is 10.9 Å². The molecule has 1 aliphatic heterocycles. The third-order valence-corrected chi connectivity index (χ3v) is 4.41. The Morgan fingerprint density at radius 3 is 3.00 bits per heavy atom. The highest BCUT2D eigenvalue weighted by molar-refractivity contribution is 8.13. The molecule has 2 nitrogen and oxygen atoms in total. The van der Waals surface area contributed by atoms with Crippen molar-refractivity contribution in [2.24, 2.45) is 5.16 Å². The van der Waals surface area contributed by atoms with Crippen LogP contribution in [0.3, 0.4) is 0 Å². The van der Waals surface area contributed by atoms with Gasteiger partial charge in [-0.25, -0.2) is 4.39 Å². The van der Waals surface area contributed by atoms with E-state index in [2.05, 4.69) is 5.16 Å². The second kappa shape index (κ2) is 5.49. The van der Waals surface area contributed by atoms with Crippen LogP contribution in [0.2, 0.25) is 0 Å². The van der Waals surface area contributed by atoms with Gasteiger partial charge in [-0.15, -0.1) is 23.4 Å². The van der Waals surface area contributed by atoms with Crippen LogP contribution in [0.5, 0.6) is 0 Å². The summed E-state index contributed by atoms with van der Waals surface area (Å²) in [6, 6.07) is 5.43. The maximum absolute atomic E-state index is 13.8. The Bertz CT molecular complexity index is 480. The third kappa shape index (κ3) is 2.98. The van der Waals surface area contributed by atoms with Crippen LogP contribution >= 0.6 is 23.4 Å². The summed E-state index contributed by atoms with van der Waals surface area (Å²) in [5.74, 6) is 0.831. The first-order valence-corrected chi connectivity index (χ1v) is 7.24. The fraction of sp³-hybridized carbons (Fsp3) is 0.462. The van der Waals surface area contributed by atoms with E-state index in [1.165, 1.54) is 11.8 Å². The van der Waals surface area contributed by atoms with Crippen molar-refractivity contribution < 1.29 is 9.23 Å². The Morgan fingerprint density at radius 2 is 2.33 bits per heavy atom. The van der Waals surface area contributed by atoms with Crippen molar-refractivity contribution in [3.8, 4) is 0 Å². The molecule has 1 aromatic rings. The molecule has 1 aliphatic rings. The lowest BCUT2D eigenvalue weighted by atomic mass is 10.1. The van der Waals surface area contributed by atoms with Gasteiger partial charge >= 0.3 is 0 Å². The van der Waals surface area contributed by atoms with Crippen LogP contribution in [-0.4, -0.2) is 16.5 Å². The van der Waals surface area contributed by atoms with Crippen molar-refractivity contribution in [2.45, 2.75) is 31.6 Å². The van der Waals surface area contributed by atoms with Crippen LogP contribution in [0, 0.1) is 12.7 Å². The molecule has 0 bridgehead atoms. The lowest BCUT2D eigenvalue weighted by molar-refractivity contribution is 0.0152. The number of halogens is 2. The van der Waals surface area contributed by atoms with Crippen molar-refractivity contribution >= 4 is 28.4 Å². The summed E-state index contributed by atoms with van der Waals surface area (Å²) in [7, 11) is 0. The fourth-order valence-electron chi connectivity index (χ4n) is 1.68. The molecule has 5 heteroatoms. The molecule has 1 aromatic carbocycles. The van der Waals surface area contributed by atoms with Crippen LogP contribution < -0.4 is 0 Å². The van der Waals surface area contributed by atoms with Crippen molar-refractivity contribution in [1.29, 1.82) is 0 Å². The highest BCUT2D eigenvalue weighted by Gasteiger charge is 2.33. The molecule has 0 spiro atoms. The first-order chi connectivity index (χ1) is 8.54. The van der Waals surface area contributed by atoms with Crippen molar-refractivity contribution in [3.05, 3.63) is 35.1 Å². The molecular weight excluding hydrogens is 273 g/mol. The molecule has 2 rings (SSSR count). The molecule has 0 fully saturated rings. The predicted molar refractivity (Wildman–Crippen MR) is 74.7 cm³/mol. The minimum atomic E-state index is -0.408. The van der Waals surface area contributed by atoms with Gasteiger partial charge < -0.3 is 4.84 Å². The zero-order chi connectivity index (χ0) is 13.2. The molecule has 1 atom stereocenters. The summed E-state index contributed by atoms with van der Waals surface area (Å²) in [4.78, 5) is 5.29. The highest BCUT2D eigenvalue weighted by Crippen LogP contribution is 2.31. The molecule has 0 aliphatic carbocycles. The third-order valence-electron chi connectivity index (χ3n) is 2.84. The van der Waals surface area contributed by atoms with Gasteiger partial charge in [0, 0.05) is 12.2 Å². The Hall–Kier alpha value is -0.740. The Morgan fingerprint density at radius 1 is 1.56 bits per heavy atom. The van der Waals surface area contributed by atoms with Crippen LogP contribution in [0.1, 0.15) is 24.5 Å². The van der Waals surface area contributed by atoms with E-state index in [-0.39, 0.29) is 5.82 Å². The zero-order valence-corrected chi connectivity index (χ0v) is 11.9. The van der Waals surface area contributed by atoms with E-state index in [0.29, 0.717) is 29.2 Å². The summed E-state index contributed by atoms with van der Waals surface area (Å²) >= 11 is 7.31. The first-order valence-electron chi connectivity index (χ1n) is 5.72. The van der Waals surface area contributed by atoms with Crippen molar-refractivity contribution in [2.75, 3.05) is 5.88 Å². The van der Waals surface area contributed by atoms with Gasteiger partial charge in [-0.2, -0.15) is 0 Å². The van der Waals surface area contributed by atoms with Gasteiger partial charge in [-0.1, -0.05) is 23.4 Å². The van der Waals surface area contributed by atoms with Crippen LogP contribution in [-0.2, 0) is 10.6 Å². The standard InChI is InChI=1S/C13H15ClFNOS/c1-9-4-3-5-10(12(9)15)7-18-11-6-13(2,8-14)17-16-11/h3-5H,6-8H2,1-2H3. The number of thioether (sulfide) groups is 1. The minimum Gasteiger partial charge on any atom is -0.387 e. The van der Waals surface area contributed by atoms with Gasteiger partial charge in [-0.3, -0.25) is 0 Å². The number of nitrogens with zero attached hydrogens (tertiary/aromatic N) is 1. The van der Waals surface area contributed by atoms with E-state index in [1.807, 2.05) is 13.0 Å². The van der Waals surface area contributed by atoms with Crippen LogP contribution in [0.25, 0.3) is 0 Å². The van der Waals surface area contributed by atoms with Gasteiger partial charge in [0.2, 0.25) is 0 Å². The van der Waals surface area contributed by atoms with E-state index >= 15 is 0 Å². The summed E-state index contributed by atoms with van der Waals surface area (Å²) in [5.41, 5.74) is 0.958. The quantitative estimate of drug-likeness (QED) is 0.781. The topological polar surface area (TPSA) is 21.6 Å². The highest BCUT2D eigenvalue weighted by atomic mass is 35.5. The van der Waals surface area contributed by atoms with Gasteiger partial charge in [-0.05, 0) is 25.0 Å². The smallest absolute Gasteiger partial charge is 0.154 e. The summed E-state index contributed by atoms with van der Waals surface area (Å²) < 4.78 is 13.8. The molecule has 0 aromatic heterocycles. The molecule has 0 radical (unpaired) electrons. The van der Waals surface area contributed by atoms with E-state index < -0.39 is 5.60 Å². The van der Waals surface area contributed by atoms with Gasteiger partial charge in [0.25, 0.3) is 0 Å². The molecule has 0 saturated heterocycles. The van der Waals surface area contributed by atoms with E-state index in [9.17, 15) is 4.39 Å². The average molecular weight is 288 g/mol. The number of hydrogen-bond donors (Lipinski definition) is 0. The molecule has 0 saturated carbocycles. The summed E-state index contributed by atoms with van der Waals surface area (Å²) in [5, 5.41) is 4.87. The second-order valence-electron chi connectivity index (χ2n) is 4.67. The second-order valence-corrected chi connectivity index (χ2v) is 5.99. The molecular formula is C13H15ClFNOS. The molecule has 1 heterocycles. The normalized spacial score (nSPS) is 22.8. The zero-order valence-electron chi connectivity index (χ0n) is 10.4. The maximum Gasteiger partial charge on any atom is 0.154 e. The maximum atomic E-state index is 13.8. The number of benzene rings is 1. The monoisotopic (exact) mass is 287 g/mol. The molecule has 0 amide bonds. The first kappa shape index (κ1) is 13.7. The fourth-order valence-corrected chi connectivity index (χ4v) is 2.86. The lowest BCUT2D eigenvalue weighted by Gasteiger charge is -2.16. The van der Waals surface area contributed by atoms with Gasteiger partial charge in [0.05, 0.1) is 5.88 Å². The van der Waals surface area contributed by atoms with Crippen molar-refractivity contribution in [1.82, 2.24) is 0 Å². The molecule has 1 unspecified atom stereocenters. The number of oxime groups is 1. The number of alkyl halides is 1. The minimum absolute atomic E-state index is 0.135. The Balaban J connectivity index is 1.95. The van der Waals surface area contributed by atoms with Gasteiger partial charge in [0.15, 0.2) is 5.60 Å². The van der Waals surface area contributed by atoms with Crippen molar-refractivity contribution in [3.63, 3.8) is 0 Å². The number of hydrogen-bond acceptors (Lipinski definition) is 3. The van der Waals surface area contributed by atoms with Crippen LogP contribution in [0.4, 0.5) is 4.39 Å². The van der Waals surface area contributed by atoms with E-state index in [4.69, 9.17) is 16.4 Å². The molecule has 18 heavy (non-hydrogen) atoms. The predicted octanol–water partition coefficient (Wildman–Crippen LogP) is 4.10. The molecule has 98 valence electrons. The van der Waals surface area contributed by atoms with E-state index in [1.54, 1.807) is 19.1 Å². The number of rotatable bonds is 3. The SMILES string of the molecule is Cc1cccc(CSC2=NOC(C)(CCl)C2)c1F. The van der Waals surface area contributed by atoms with Crippen LogP contribution in [0.15, 0.2) is 23.4 Å². The Labute approximate surface area is 116 Å². The summed E-state index contributed by atoms with van der Waals surface area (Å²) in [6.45, 7) is 3.69.